The van der Waals surface area contributed by atoms with Crippen LogP contribution in [0.5, 0.6) is 0 Å². The first-order chi connectivity index (χ1) is 11.1. The van der Waals surface area contributed by atoms with E-state index in [9.17, 15) is 9.90 Å². The van der Waals surface area contributed by atoms with Gasteiger partial charge in [-0.25, -0.2) is 9.78 Å². The minimum Gasteiger partial charge on any atom is -0.391 e. The molecule has 1 unspecified atom stereocenters. The van der Waals surface area contributed by atoms with Crippen molar-refractivity contribution in [2.75, 3.05) is 24.5 Å². The third kappa shape index (κ3) is 5.71. The molecule has 23 heavy (non-hydrogen) atoms. The second kappa shape index (κ2) is 8.72. The van der Waals surface area contributed by atoms with Crippen LogP contribution >= 0.6 is 0 Å². The van der Waals surface area contributed by atoms with Gasteiger partial charge in [0.05, 0.1) is 6.10 Å². The topological polar surface area (TPSA) is 77.5 Å². The van der Waals surface area contributed by atoms with Crippen LogP contribution in [-0.4, -0.2) is 47.9 Å². The Hall–Kier alpha value is -1.82. The van der Waals surface area contributed by atoms with Gasteiger partial charge in [-0.05, 0) is 38.3 Å². The van der Waals surface area contributed by atoms with Gasteiger partial charge >= 0.3 is 6.03 Å². The standard InChI is InChI=1S/C17H28N4O2/c1-3-5-15(22)12-18-17(23)20-14-8-10-21(11-9-14)16-7-4-6-13(2)19-16/h4,6-7,14-15,22H,3,5,8-12H2,1-2H3,(H2,18,20,23). The third-order valence-corrected chi connectivity index (χ3v) is 4.15. The Bertz CT molecular complexity index is 501. The highest BCUT2D eigenvalue weighted by atomic mass is 16.3. The van der Waals surface area contributed by atoms with Crippen LogP contribution in [0.2, 0.25) is 0 Å². The van der Waals surface area contributed by atoms with Crippen LogP contribution in [0.15, 0.2) is 18.2 Å². The molecule has 2 rings (SSSR count). The Balaban J connectivity index is 1.71. The predicted molar refractivity (Wildman–Crippen MR) is 91.7 cm³/mol. The summed E-state index contributed by atoms with van der Waals surface area (Å²) in [5.74, 6) is 1.01. The molecule has 1 saturated heterocycles. The maximum absolute atomic E-state index is 11.9. The highest BCUT2D eigenvalue weighted by Crippen LogP contribution is 2.18. The molecule has 1 aromatic rings. The van der Waals surface area contributed by atoms with Gasteiger partial charge < -0.3 is 20.6 Å². The Labute approximate surface area is 138 Å². The molecule has 0 aromatic carbocycles. The quantitative estimate of drug-likeness (QED) is 0.747. The predicted octanol–water partition coefficient (Wildman–Crippen LogP) is 1.82. The van der Waals surface area contributed by atoms with Crippen molar-refractivity contribution in [2.24, 2.45) is 0 Å². The van der Waals surface area contributed by atoms with Gasteiger partial charge in [-0.1, -0.05) is 19.4 Å². The number of amides is 2. The van der Waals surface area contributed by atoms with E-state index in [1.165, 1.54) is 0 Å². The van der Waals surface area contributed by atoms with Gasteiger partial charge in [0.2, 0.25) is 0 Å². The molecule has 6 nitrogen and oxygen atoms in total. The molecule has 2 heterocycles. The first-order valence-corrected chi connectivity index (χ1v) is 8.49. The zero-order valence-corrected chi connectivity index (χ0v) is 14.1. The molecular formula is C17H28N4O2. The number of pyridine rings is 1. The zero-order valence-electron chi connectivity index (χ0n) is 14.1. The number of urea groups is 1. The zero-order chi connectivity index (χ0) is 16.7. The Morgan fingerprint density at radius 3 is 2.83 bits per heavy atom. The van der Waals surface area contributed by atoms with Gasteiger partial charge in [0.1, 0.15) is 5.82 Å². The molecule has 3 N–H and O–H groups in total. The van der Waals surface area contributed by atoms with E-state index in [1.807, 2.05) is 32.0 Å². The molecule has 0 saturated carbocycles. The summed E-state index contributed by atoms with van der Waals surface area (Å²) in [7, 11) is 0. The summed E-state index contributed by atoms with van der Waals surface area (Å²) in [6.45, 7) is 6.10. The summed E-state index contributed by atoms with van der Waals surface area (Å²) in [5.41, 5.74) is 1.02. The van der Waals surface area contributed by atoms with E-state index < -0.39 is 6.10 Å². The van der Waals surface area contributed by atoms with Crippen molar-refractivity contribution < 1.29 is 9.90 Å². The molecule has 1 aromatic heterocycles. The number of aromatic nitrogens is 1. The smallest absolute Gasteiger partial charge is 0.315 e. The second-order valence-electron chi connectivity index (χ2n) is 6.20. The molecule has 1 atom stereocenters. The van der Waals surface area contributed by atoms with Crippen LogP contribution in [0.4, 0.5) is 10.6 Å². The van der Waals surface area contributed by atoms with Crippen molar-refractivity contribution >= 4 is 11.8 Å². The van der Waals surface area contributed by atoms with Gasteiger partial charge in [0, 0.05) is 31.4 Å². The number of anilines is 1. The number of aliphatic hydroxyl groups is 1. The minimum atomic E-state index is -0.458. The minimum absolute atomic E-state index is 0.180. The monoisotopic (exact) mass is 320 g/mol. The number of carbonyl (C=O) groups excluding carboxylic acids is 1. The molecule has 1 aliphatic rings. The van der Waals surface area contributed by atoms with Crippen LogP contribution in [0, 0.1) is 6.92 Å². The van der Waals surface area contributed by atoms with Crippen molar-refractivity contribution in [1.82, 2.24) is 15.6 Å². The highest BCUT2D eigenvalue weighted by Gasteiger charge is 2.21. The van der Waals surface area contributed by atoms with Crippen molar-refractivity contribution in [1.29, 1.82) is 0 Å². The van der Waals surface area contributed by atoms with Crippen molar-refractivity contribution in [3.63, 3.8) is 0 Å². The lowest BCUT2D eigenvalue weighted by Gasteiger charge is -2.33. The average molecular weight is 320 g/mol. The van der Waals surface area contributed by atoms with E-state index in [2.05, 4.69) is 20.5 Å². The summed E-state index contributed by atoms with van der Waals surface area (Å²) >= 11 is 0. The number of aliphatic hydroxyl groups excluding tert-OH is 1. The first kappa shape index (κ1) is 17.5. The normalized spacial score (nSPS) is 16.9. The molecule has 1 aliphatic heterocycles. The Morgan fingerprint density at radius 1 is 1.43 bits per heavy atom. The maximum atomic E-state index is 11.9. The molecule has 0 spiro atoms. The van der Waals surface area contributed by atoms with Gasteiger partial charge in [0.15, 0.2) is 0 Å². The van der Waals surface area contributed by atoms with Crippen molar-refractivity contribution in [3.05, 3.63) is 23.9 Å². The van der Waals surface area contributed by atoms with E-state index in [1.54, 1.807) is 0 Å². The lowest BCUT2D eigenvalue weighted by molar-refractivity contribution is 0.159. The van der Waals surface area contributed by atoms with E-state index in [4.69, 9.17) is 0 Å². The highest BCUT2D eigenvalue weighted by molar-refractivity contribution is 5.74. The molecule has 0 bridgehead atoms. The summed E-state index contributed by atoms with van der Waals surface area (Å²) in [6.07, 6.45) is 2.97. The SMILES string of the molecule is CCCC(O)CNC(=O)NC1CCN(c2cccc(C)n2)CC1. The summed E-state index contributed by atoms with van der Waals surface area (Å²) in [5, 5.41) is 15.4. The van der Waals surface area contributed by atoms with Gasteiger partial charge in [-0.2, -0.15) is 0 Å². The first-order valence-electron chi connectivity index (χ1n) is 8.49. The number of aryl methyl sites for hydroxylation is 1. The van der Waals surface area contributed by atoms with Crippen LogP contribution in [0.25, 0.3) is 0 Å². The van der Waals surface area contributed by atoms with Crippen molar-refractivity contribution in [3.8, 4) is 0 Å². The maximum Gasteiger partial charge on any atom is 0.315 e. The van der Waals surface area contributed by atoms with Crippen LogP contribution < -0.4 is 15.5 Å². The second-order valence-corrected chi connectivity index (χ2v) is 6.20. The van der Waals surface area contributed by atoms with Gasteiger partial charge in [-0.3, -0.25) is 0 Å². The molecular weight excluding hydrogens is 292 g/mol. The summed E-state index contributed by atoms with van der Waals surface area (Å²) in [6, 6.07) is 6.04. The van der Waals surface area contributed by atoms with Gasteiger partial charge in [0.25, 0.3) is 0 Å². The van der Waals surface area contributed by atoms with Gasteiger partial charge in [-0.15, -0.1) is 0 Å². The largest absolute Gasteiger partial charge is 0.391 e. The molecule has 0 aliphatic carbocycles. The van der Waals surface area contributed by atoms with E-state index in [0.29, 0.717) is 13.0 Å². The third-order valence-electron chi connectivity index (χ3n) is 4.15. The fraction of sp³-hybridized carbons (Fsp3) is 0.647. The lowest BCUT2D eigenvalue weighted by Crippen LogP contribution is -2.49. The number of rotatable bonds is 6. The molecule has 128 valence electrons. The van der Waals surface area contributed by atoms with E-state index in [-0.39, 0.29) is 12.1 Å². The number of carbonyl (C=O) groups is 1. The molecule has 2 amide bonds. The number of hydrogen-bond donors (Lipinski definition) is 3. The lowest BCUT2D eigenvalue weighted by atomic mass is 10.1. The molecule has 1 fully saturated rings. The van der Waals surface area contributed by atoms with E-state index in [0.717, 1.165) is 43.9 Å². The van der Waals surface area contributed by atoms with Crippen molar-refractivity contribution in [2.45, 2.75) is 51.7 Å². The number of hydrogen-bond acceptors (Lipinski definition) is 4. The van der Waals surface area contributed by atoms with Crippen LogP contribution in [-0.2, 0) is 0 Å². The fourth-order valence-electron chi connectivity index (χ4n) is 2.84. The average Bonchev–Trinajstić information content (AvgIpc) is 2.54. The Kier molecular flexibility index (Phi) is 6.65. The van der Waals surface area contributed by atoms with Crippen LogP contribution in [0.3, 0.4) is 0 Å². The fourth-order valence-corrected chi connectivity index (χ4v) is 2.84. The molecule has 6 heteroatoms. The van der Waals surface area contributed by atoms with E-state index >= 15 is 0 Å². The van der Waals surface area contributed by atoms with Crippen LogP contribution in [0.1, 0.15) is 38.3 Å². The number of nitrogens with zero attached hydrogens (tertiary/aromatic N) is 2. The molecule has 0 radical (unpaired) electrons. The summed E-state index contributed by atoms with van der Waals surface area (Å²) in [4.78, 5) is 18.7. The summed E-state index contributed by atoms with van der Waals surface area (Å²) < 4.78 is 0. The Morgan fingerprint density at radius 2 is 2.17 bits per heavy atom. The number of piperidine rings is 1. The number of nitrogens with one attached hydrogen (secondary N) is 2.